The van der Waals surface area contributed by atoms with Crippen LogP contribution < -0.4 is 0 Å². The second-order valence-electron chi connectivity index (χ2n) is 11.0. The zero-order valence-corrected chi connectivity index (χ0v) is 20.2. The summed E-state index contributed by atoms with van der Waals surface area (Å²) in [4.78, 5) is 25.7. The number of ketones is 1. The molecule has 0 bridgehead atoms. The van der Waals surface area contributed by atoms with Crippen LogP contribution in [0.25, 0.3) is 0 Å². The van der Waals surface area contributed by atoms with Gasteiger partial charge in [0.1, 0.15) is 11.8 Å². The van der Waals surface area contributed by atoms with Gasteiger partial charge in [0, 0.05) is 29.1 Å². The van der Waals surface area contributed by atoms with Crippen LogP contribution in [0.2, 0.25) is 0 Å². The van der Waals surface area contributed by atoms with E-state index in [2.05, 4.69) is 0 Å². The Hall–Kier alpha value is -1.01. The van der Waals surface area contributed by atoms with E-state index in [-0.39, 0.29) is 25.1 Å². The third-order valence-electron chi connectivity index (χ3n) is 9.72. The molecule has 1 unspecified atom stereocenters. The molecule has 9 atom stereocenters. The van der Waals surface area contributed by atoms with E-state index in [4.69, 9.17) is 16.3 Å². The van der Waals surface area contributed by atoms with Crippen LogP contribution in [0.1, 0.15) is 72.6 Å². The number of aliphatic hydroxyl groups is 1. The lowest BCUT2D eigenvalue weighted by atomic mass is 9.43. The average molecular weight is 473 g/mol. The van der Waals surface area contributed by atoms with Crippen LogP contribution in [0.3, 0.4) is 0 Å². The fraction of sp³-hybridized carbons (Fsp3) is 0.840. The molecule has 0 saturated heterocycles. The van der Waals surface area contributed by atoms with Crippen LogP contribution >= 0.6 is 11.6 Å². The minimum atomic E-state index is -2.00. The zero-order valence-electron chi connectivity index (χ0n) is 19.4. The van der Waals surface area contributed by atoms with Crippen molar-refractivity contribution in [1.82, 2.24) is 0 Å². The number of hydrogen-bond acceptors (Lipinski definition) is 4. The highest BCUT2D eigenvalue weighted by Gasteiger charge is 2.77. The first-order valence-corrected chi connectivity index (χ1v) is 12.5. The predicted molar refractivity (Wildman–Crippen MR) is 118 cm³/mol. The van der Waals surface area contributed by atoms with Gasteiger partial charge in [-0.2, -0.15) is 0 Å². The molecule has 3 fully saturated rings. The Labute approximate surface area is 194 Å². The number of carbonyl (C=O) groups is 2. The van der Waals surface area contributed by atoms with Gasteiger partial charge >= 0.3 is 5.97 Å². The molecule has 4 aliphatic rings. The molecule has 0 radical (unpaired) electrons. The molecular formula is C25H35ClF2O4. The van der Waals surface area contributed by atoms with E-state index < -0.39 is 63.9 Å². The van der Waals surface area contributed by atoms with Gasteiger partial charge in [-0.1, -0.05) is 33.8 Å². The second-order valence-corrected chi connectivity index (χ2v) is 11.2. The van der Waals surface area contributed by atoms with Gasteiger partial charge < -0.3 is 9.84 Å². The fourth-order valence-corrected chi connectivity index (χ4v) is 8.50. The molecule has 4 rings (SSSR count). The molecule has 3 saturated carbocycles. The van der Waals surface area contributed by atoms with Crippen molar-refractivity contribution in [2.75, 3.05) is 5.88 Å². The lowest BCUT2D eigenvalue weighted by Crippen LogP contribution is -2.71. The summed E-state index contributed by atoms with van der Waals surface area (Å²) >= 11 is 6.00. The number of allylic oxidation sites excluding steroid dienone is 2. The van der Waals surface area contributed by atoms with E-state index in [0.29, 0.717) is 18.4 Å². The SMILES string of the molecule is CCC(=O)OC1(C(=O)CCl)[C@@H](C)C[C@H]2[C@@H]3C[C@H](F)C4=CCCC[C@]4(C)[C@@]3(F)[C@@H](O)C[C@@]21C. The number of aliphatic hydroxyl groups excluding tert-OH is 1. The maximum Gasteiger partial charge on any atom is 0.306 e. The highest BCUT2D eigenvalue weighted by atomic mass is 35.5. The van der Waals surface area contributed by atoms with Crippen LogP contribution in [-0.2, 0) is 14.3 Å². The van der Waals surface area contributed by atoms with Crippen molar-refractivity contribution in [2.24, 2.45) is 28.6 Å². The number of hydrogen-bond donors (Lipinski definition) is 1. The summed E-state index contributed by atoms with van der Waals surface area (Å²) in [5.41, 5.74) is -5.18. The largest absolute Gasteiger partial charge is 0.450 e. The molecule has 4 nitrogen and oxygen atoms in total. The smallest absolute Gasteiger partial charge is 0.306 e. The lowest BCUT2D eigenvalue weighted by molar-refractivity contribution is -0.238. The lowest BCUT2D eigenvalue weighted by Gasteiger charge is -2.64. The molecule has 1 N–H and O–H groups in total. The standard InChI is InChI=1S/C25H35ClF2O4/c1-5-21(31)32-25(20(30)13-26)14(2)10-16-17-11-18(27)15-8-6-7-9-22(15,3)24(17,28)19(29)12-23(16,25)4/h8,14,16-19,29H,5-7,9-13H2,1-4H3/t14-,16-,17-,18-,19-,22-,23-,24-,25?/m0/s1. The molecule has 0 amide bonds. The van der Waals surface area contributed by atoms with Crippen LogP contribution in [0.15, 0.2) is 11.6 Å². The molecule has 32 heavy (non-hydrogen) atoms. The highest BCUT2D eigenvalue weighted by molar-refractivity contribution is 6.29. The van der Waals surface area contributed by atoms with E-state index >= 15 is 8.78 Å². The Kier molecular flexibility index (Phi) is 5.85. The minimum absolute atomic E-state index is 0.0329. The zero-order chi connectivity index (χ0) is 23.7. The third-order valence-corrected chi connectivity index (χ3v) is 9.96. The van der Waals surface area contributed by atoms with Crippen molar-refractivity contribution in [3.05, 3.63) is 11.6 Å². The number of fused-ring (bicyclic) bond motifs is 5. The summed E-state index contributed by atoms with van der Waals surface area (Å²) < 4.78 is 38.6. The highest BCUT2D eigenvalue weighted by Crippen LogP contribution is 2.72. The van der Waals surface area contributed by atoms with E-state index in [0.717, 1.165) is 12.8 Å². The Bertz CT molecular complexity index is 848. The maximum absolute atomic E-state index is 17.2. The van der Waals surface area contributed by atoms with Crippen LogP contribution in [0.5, 0.6) is 0 Å². The normalized spacial score (nSPS) is 50.0. The Balaban J connectivity index is 1.87. The molecule has 0 aromatic carbocycles. The molecule has 0 aromatic heterocycles. The molecule has 0 heterocycles. The molecule has 0 spiro atoms. The summed E-state index contributed by atoms with van der Waals surface area (Å²) in [6.45, 7) is 7.04. The molecule has 0 aromatic rings. The predicted octanol–water partition coefficient (Wildman–Crippen LogP) is 5.10. The van der Waals surface area contributed by atoms with Crippen molar-refractivity contribution in [1.29, 1.82) is 0 Å². The van der Waals surface area contributed by atoms with Crippen molar-refractivity contribution in [3.8, 4) is 0 Å². The number of Topliss-reactive ketones (excluding diaryl/α,β-unsaturated/α-hetero) is 1. The number of carbonyl (C=O) groups excluding carboxylic acids is 2. The average Bonchev–Trinajstić information content (AvgIpc) is 2.97. The molecular weight excluding hydrogens is 438 g/mol. The summed E-state index contributed by atoms with van der Waals surface area (Å²) in [7, 11) is 0. The molecule has 0 aliphatic heterocycles. The quantitative estimate of drug-likeness (QED) is 0.351. The van der Waals surface area contributed by atoms with Crippen LogP contribution in [0, 0.1) is 28.6 Å². The van der Waals surface area contributed by atoms with Gasteiger partial charge in [-0.05, 0) is 50.0 Å². The van der Waals surface area contributed by atoms with E-state index in [1.165, 1.54) is 0 Å². The van der Waals surface area contributed by atoms with Crippen molar-refractivity contribution < 1.29 is 28.2 Å². The van der Waals surface area contributed by atoms with E-state index in [9.17, 15) is 14.7 Å². The first-order valence-electron chi connectivity index (χ1n) is 12.0. The van der Waals surface area contributed by atoms with E-state index in [1.807, 2.05) is 13.0 Å². The number of halogens is 3. The van der Waals surface area contributed by atoms with Gasteiger partial charge in [0.25, 0.3) is 0 Å². The van der Waals surface area contributed by atoms with Crippen molar-refractivity contribution in [2.45, 2.75) is 96.2 Å². The maximum atomic E-state index is 17.2. The number of rotatable bonds is 4. The van der Waals surface area contributed by atoms with Gasteiger partial charge in [-0.25, -0.2) is 8.78 Å². The van der Waals surface area contributed by atoms with Gasteiger partial charge in [0.05, 0.1) is 12.0 Å². The summed E-state index contributed by atoms with van der Waals surface area (Å²) in [6.07, 6.45) is 1.54. The van der Waals surface area contributed by atoms with Crippen LogP contribution in [0.4, 0.5) is 8.78 Å². The Morgan fingerprint density at radius 3 is 2.59 bits per heavy atom. The first-order chi connectivity index (χ1) is 14.9. The first kappa shape index (κ1) is 24.1. The van der Waals surface area contributed by atoms with Crippen molar-refractivity contribution >= 4 is 23.4 Å². The number of esters is 1. The summed E-state index contributed by atoms with van der Waals surface area (Å²) in [6, 6.07) is 0. The van der Waals surface area contributed by atoms with Crippen molar-refractivity contribution in [3.63, 3.8) is 0 Å². The van der Waals surface area contributed by atoms with Gasteiger partial charge in [-0.3, -0.25) is 9.59 Å². The molecule has 4 aliphatic carbocycles. The topological polar surface area (TPSA) is 63.6 Å². The monoisotopic (exact) mass is 472 g/mol. The fourth-order valence-electron chi connectivity index (χ4n) is 8.30. The van der Waals surface area contributed by atoms with Gasteiger partial charge in [0.2, 0.25) is 0 Å². The summed E-state index contributed by atoms with van der Waals surface area (Å²) in [5.74, 6) is -2.90. The van der Waals surface area contributed by atoms with E-state index in [1.54, 1.807) is 20.8 Å². The van der Waals surface area contributed by atoms with Gasteiger partial charge in [-0.15, -0.1) is 11.6 Å². The van der Waals surface area contributed by atoms with Crippen LogP contribution in [-0.4, -0.2) is 46.3 Å². The second kappa shape index (κ2) is 7.76. The molecule has 180 valence electrons. The third kappa shape index (κ3) is 2.74. The Morgan fingerprint density at radius 2 is 1.97 bits per heavy atom. The number of ether oxygens (including phenoxy) is 1. The minimum Gasteiger partial charge on any atom is -0.450 e. The number of alkyl halides is 3. The summed E-state index contributed by atoms with van der Waals surface area (Å²) in [5, 5.41) is 11.4. The Morgan fingerprint density at radius 1 is 1.28 bits per heavy atom. The molecule has 7 heteroatoms. The van der Waals surface area contributed by atoms with Gasteiger partial charge in [0.15, 0.2) is 11.4 Å².